The number of benzene rings is 1. The van der Waals surface area contributed by atoms with Crippen LogP contribution >= 0.6 is 23.4 Å². The topological polar surface area (TPSA) is 40.6 Å². The Hall–Kier alpha value is -1.20. The van der Waals surface area contributed by atoms with Crippen LogP contribution in [0.5, 0.6) is 0 Å². The van der Waals surface area contributed by atoms with Crippen molar-refractivity contribution >= 4 is 35.2 Å². The van der Waals surface area contributed by atoms with Gasteiger partial charge in [0.15, 0.2) is 0 Å². The molecule has 102 valence electrons. The minimum absolute atomic E-state index is 0.0230. The van der Waals surface area contributed by atoms with Gasteiger partial charge in [-0.1, -0.05) is 29.8 Å². The van der Waals surface area contributed by atoms with Gasteiger partial charge in [-0.25, -0.2) is 0 Å². The van der Waals surface area contributed by atoms with E-state index in [-0.39, 0.29) is 23.7 Å². The number of hydrogen-bond donors (Lipinski definition) is 0. The van der Waals surface area contributed by atoms with E-state index < -0.39 is 0 Å². The Morgan fingerprint density at radius 3 is 2.79 bits per heavy atom. The Kier molecular flexibility index (Phi) is 4.37. The lowest BCUT2D eigenvalue weighted by molar-refractivity contribution is -0.137. The molecule has 1 aromatic carbocycles. The highest BCUT2D eigenvalue weighted by Crippen LogP contribution is 2.41. The summed E-state index contributed by atoms with van der Waals surface area (Å²) in [6.07, 6.45) is 0. The lowest BCUT2D eigenvalue weighted by Gasteiger charge is -2.25. The van der Waals surface area contributed by atoms with Crippen molar-refractivity contribution in [3.05, 3.63) is 34.9 Å². The molecule has 1 unspecified atom stereocenters. The van der Waals surface area contributed by atoms with Gasteiger partial charge in [-0.15, -0.1) is 11.8 Å². The zero-order valence-electron chi connectivity index (χ0n) is 10.8. The van der Waals surface area contributed by atoms with Gasteiger partial charge in [0.2, 0.25) is 11.8 Å². The third-order valence-corrected chi connectivity index (χ3v) is 4.53. The van der Waals surface area contributed by atoms with Gasteiger partial charge in [-0.05, 0) is 6.07 Å². The van der Waals surface area contributed by atoms with Crippen LogP contribution in [0.1, 0.15) is 10.9 Å². The van der Waals surface area contributed by atoms with Gasteiger partial charge < -0.3 is 9.80 Å². The maximum Gasteiger partial charge on any atom is 0.241 e. The summed E-state index contributed by atoms with van der Waals surface area (Å²) in [5, 5.41) is 0.446. The van der Waals surface area contributed by atoms with E-state index in [1.54, 1.807) is 25.1 Å². The highest BCUT2D eigenvalue weighted by atomic mass is 35.5. The highest BCUT2D eigenvalue weighted by Gasteiger charge is 2.35. The van der Waals surface area contributed by atoms with Crippen molar-refractivity contribution in [3.8, 4) is 0 Å². The smallest absolute Gasteiger partial charge is 0.241 e. The minimum Gasteiger partial charge on any atom is -0.347 e. The summed E-state index contributed by atoms with van der Waals surface area (Å²) in [4.78, 5) is 26.8. The first kappa shape index (κ1) is 14.2. The molecular weight excluding hydrogens is 284 g/mol. The molecule has 1 fully saturated rings. The second-order valence-electron chi connectivity index (χ2n) is 4.49. The lowest BCUT2D eigenvalue weighted by Crippen LogP contribution is -2.38. The molecule has 0 aromatic heterocycles. The summed E-state index contributed by atoms with van der Waals surface area (Å²) >= 11 is 7.67. The number of likely N-dealkylation sites (N-methyl/N-ethyl adjacent to an activating group) is 1. The average Bonchev–Trinajstić information content (AvgIpc) is 2.72. The first-order valence-electron chi connectivity index (χ1n) is 5.86. The summed E-state index contributed by atoms with van der Waals surface area (Å²) in [5.74, 6) is 0.273. The molecule has 1 aromatic rings. The SMILES string of the molecule is CN(C)C(=O)CN1C(=O)CSC1c1ccccc1Cl. The quantitative estimate of drug-likeness (QED) is 0.857. The van der Waals surface area contributed by atoms with Crippen molar-refractivity contribution in [1.29, 1.82) is 0 Å². The number of rotatable bonds is 3. The van der Waals surface area contributed by atoms with Gasteiger partial charge in [0.1, 0.15) is 11.9 Å². The van der Waals surface area contributed by atoms with Crippen molar-refractivity contribution in [2.24, 2.45) is 0 Å². The van der Waals surface area contributed by atoms with Crippen LogP contribution < -0.4 is 0 Å². The molecule has 1 aliphatic rings. The second kappa shape index (κ2) is 5.84. The largest absolute Gasteiger partial charge is 0.347 e. The third kappa shape index (κ3) is 3.04. The van der Waals surface area contributed by atoms with Gasteiger partial charge in [0.25, 0.3) is 0 Å². The molecular formula is C13H15ClN2O2S. The molecule has 19 heavy (non-hydrogen) atoms. The highest BCUT2D eigenvalue weighted by molar-refractivity contribution is 8.00. The van der Waals surface area contributed by atoms with E-state index in [0.717, 1.165) is 5.56 Å². The number of nitrogens with zero attached hydrogens (tertiary/aromatic N) is 2. The Labute approximate surface area is 121 Å². The van der Waals surface area contributed by atoms with Crippen LogP contribution in [0.4, 0.5) is 0 Å². The Morgan fingerprint density at radius 2 is 2.16 bits per heavy atom. The van der Waals surface area contributed by atoms with Gasteiger partial charge in [-0.3, -0.25) is 9.59 Å². The molecule has 0 bridgehead atoms. The van der Waals surface area contributed by atoms with Crippen molar-refractivity contribution in [2.45, 2.75) is 5.37 Å². The summed E-state index contributed by atoms with van der Waals surface area (Å²) in [5.41, 5.74) is 0.881. The Morgan fingerprint density at radius 1 is 1.47 bits per heavy atom. The molecule has 0 spiro atoms. The predicted molar refractivity (Wildman–Crippen MR) is 77.1 cm³/mol. The standard InChI is InChI=1S/C13H15ClN2O2S/c1-15(2)11(17)7-16-12(18)8-19-13(16)9-5-3-4-6-10(9)14/h3-6,13H,7-8H2,1-2H3. The molecule has 2 amide bonds. The van der Waals surface area contributed by atoms with Crippen LogP contribution in [0.25, 0.3) is 0 Å². The Balaban J connectivity index is 2.23. The van der Waals surface area contributed by atoms with Crippen LogP contribution in [0.3, 0.4) is 0 Å². The second-order valence-corrected chi connectivity index (χ2v) is 5.97. The van der Waals surface area contributed by atoms with Crippen molar-refractivity contribution < 1.29 is 9.59 Å². The predicted octanol–water partition coefficient (Wildman–Crippen LogP) is 2.00. The van der Waals surface area contributed by atoms with E-state index in [4.69, 9.17) is 11.6 Å². The van der Waals surface area contributed by atoms with Crippen molar-refractivity contribution in [3.63, 3.8) is 0 Å². The van der Waals surface area contributed by atoms with E-state index in [1.807, 2.05) is 18.2 Å². The minimum atomic E-state index is -0.176. The molecule has 0 saturated carbocycles. The van der Waals surface area contributed by atoms with Crippen LogP contribution in [0.2, 0.25) is 5.02 Å². The van der Waals surface area contributed by atoms with E-state index in [2.05, 4.69) is 0 Å². The maximum absolute atomic E-state index is 11.9. The normalized spacial score (nSPS) is 18.8. The van der Waals surface area contributed by atoms with Crippen LogP contribution in [0.15, 0.2) is 24.3 Å². The van der Waals surface area contributed by atoms with Crippen molar-refractivity contribution in [1.82, 2.24) is 9.80 Å². The molecule has 0 radical (unpaired) electrons. The fourth-order valence-corrected chi connectivity index (χ4v) is 3.37. The van der Waals surface area contributed by atoms with Gasteiger partial charge in [-0.2, -0.15) is 0 Å². The molecule has 1 aliphatic heterocycles. The molecule has 0 N–H and O–H groups in total. The first-order valence-corrected chi connectivity index (χ1v) is 7.29. The lowest BCUT2D eigenvalue weighted by atomic mass is 10.2. The van der Waals surface area contributed by atoms with E-state index in [1.165, 1.54) is 16.7 Å². The molecule has 1 heterocycles. The summed E-state index contributed by atoms with van der Waals surface area (Å²) in [7, 11) is 3.36. The molecule has 2 rings (SSSR count). The summed E-state index contributed by atoms with van der Waals surface area (Å²) < 4.78 is 0. The summed E-state index contributed by atoms with van der Waals surface area (Å²) in [6, 6.07) is 7.43. The number of halogens is 1. The van der Waals surface area contributed by atoms with E-state index in [0.29, 0.717) is 10.8 Å². The van der Waals surface area contributed by atoms with Crippen LogP contribution in [-0.4, -0.2) is 48.0 Å². The number of amides is 2. The molecule has 1 atom stereocenters. The van der Waals surface area contributed by atoms with E-state index >= 15 is 0 Å². The van der Waals surface area contributed by atoms with Gasteiger partial charge in [0, 0.05) is 24.7 Å². The van der Waals surface area contributed by atoms with Crippen LogP contribution in [0, 0.1) is 0 Å². The number of carbonyl (C=O) groups excluding carboxylic acids is 2. The first-order chi connectivity index (χ1) is 9.00. The average molecular weight is 299 g/mol. The Bertz CT molecular complexity index is 507. The zero-order valence-corrected chi connectivity index (χ0v) is 12.4. The third-order valence-electron chi connectivity index (χ3n) is 2.94. The molecule has 1 saturated heterocycles. The molecule has 6 heteroatoms. The van der Waals surface area contributed by atoms with Crippen LogP contribution in [-0.2, 0) is 9.59 Å². The molecule has 4 nitrogen and oxygen atoms in total. The number of carbonyl (C=O) groups is 2. The fourth-order valence-electron chi connectivity index (χ4n) is 1.85. The number of hydrogen-bond acceptors (Lipinski definition) is 3. The van der Waals surface area contributed by atoms with Gasteiger partial charge in [0.05, 0.1) is 5.75 Å². The summed E-state index contributed by atoms with van der Waals surface area (Å²) in [6.45, 7) is 0.0920. The fraction of sp³-hybridized carbons (Fsp3) is 0.385. The maximum atomic E-state index is 11.9. The zero-order chi connectivity index (χ0) is 14.0. The van der Waals surface area contributed by atoms with Crippen molar-refractivity contribution in [2.75, 3.05) is 26.4 Å². The molecule has 0 aliphatic carbocycles. The van der Waals surface area contributed by atoms with E-state index in [9.17, 15) is 9.59 Å². The number of thioether (sulfide) groups is 1. The van der Waals surface area contributed by atoms with Gasteiger partial charge >= 0.3 is 0 Å². The monoisotopic (exact) mass is 298 g/mol.